The maximum atomic E-state index is 4.19. The zero-order chi connectivity index (χ0) is 8.39. The van der Waals surface area contributed by atoms with Crippen LogP contribution in [-0.2, 0) is 0 Å². The van der Waals surface area contributed by atoms with E-state index < -0.39 is 0 Å². The standard InChI is InChI=1S/C10H9NO/c1-12-9-4-5-10-8(7-9)3-2-6-11-10/h2-7,12H,1H2. The topological polar surface area (TPSA) is 25.7 Å². The van der Waals surface area contributed by atoms with Crippen molar-refractivity contribution in [3.05, 3.63) is 43.6 Å². The fourth-order valence-corrected chi connectivity index (χ4v) is 1.16. The van der Waals surface area contributed by atoms with Gasteiger partial charge in [0.25, 0.3) is 0 Å². The highest BCUT2D eigenvalue weighted by atomic mass is 16.5. The summed E-state index contributed by atoms with van der Waals surface area (Å²) in [4.78, 5) is 4.19. The maximum Gasteiger partial charge on any atom is 0.226 e. The minimum Gasteiger partial charge on any atom is -0.722 e. The molecule has 0 saturated heterocycles. The predicted molar refractivity (Wildman–Crippen MR) is 48.8 cm³/mol. The van der Waals surface area contributed by atoms with Crippen molar-refractivity contribution in [1.29, 1.82) is 0 Å². The zero-order valence-electron chi connectivity index (χ0n) is 6.57. The van der Waals surface area contributed by atoms with Crippen LogP contribution in [0.4, 0.5) is 0 Å². The lowest BCUT2D eigenvalue weighted by atomic mass is 10.2. The van der Waals surface area contributed by atoms with E-state index in [9.17, 15) is 0 Å². The van der Waals surface area contributed by atoms with Crippen LogP contribution in [0, 0.1) is 7.11 Å². The Hall–Kier alpha value is -1.57. The van der Waals surface area contributed by atoms with Gasteiger partial charge in [-0.1, -0.05) is 6.07 Å². The summed E-state index contributed by atoms with van der Waals surface area (Å²) in [5.41, 5.74) is 0.991. The molecule has 0 aliphatic rings. The second-order valence-corrected chi connectivity index (χ2v) is 2.54. The van der Waals surface area contributed by atoms with Crippen molar-refractivity contribution < 1.29 is 4.74 Å². The average molecular weight is 159 g/mol. The predicted octanol–water partition coefficient (Wildman–Crippen LogP) is 2.27. The number of hydrogen-bond acceptors (Lipinski definition) is 1. The van der Waals surface area contributed by atoms with Crippen LogP contribution in [-0.4, -0.2) is 9.72 Å². The molecule has 0 spiro atoms. The minimum atomic E-state index is 0.885. The van der Waals surface area contributed by atoms with E-state index in [0.29, 0.717) is 0 Å². The first-order chi connectivity index (χ1) is 5.90. The molecule has 0 bridgehead atoms. The van der Waals surface area contributed by atoms with Crippen LogP contribution in [0.2, 0.25) is 0 Å². The van der Waals surface area contributed by atoms with E-state index in [1.165, 1.54) is 0 Å². The maximum absolute atomic E-state index is 4.19. The van der Waals surface area contributed by atoms with E-state index in [1.54, 1.807) is 6.20 Å². The Morgan fingerprint density at radius 3 is 3.00 bits per heavy atom. The molecule has 1 N–H and O–H groups in total. The number of benzene rings is 1. The van der Waals surface area contributed by atoms with Gasteiger partial charge in [-0.15, -0.1) is 0 Å². The highest BCUT2D eigenvalue weighted by molar-refractivity contribution is 5.79. The van der Waals surface area contributed by atoms with Gasteiger partial charge in [-0.05, 0) is 19.2 Å². The van der Waals surface area contributed by atoms with Crippen LogP contribution < -0.4 is 0 Å². The molecule has 0 unspecified atom stereocenters. The van der Waals surface area contributed by atoms with Crippen molar-refractivity contribution in [1.82, 2.24) is 4.98 Å². The number of aromatic hydroxyl groups is 1. The van der Waals surface area contributed by atoms with Gasteiger partial charge < -0.3 is 4.74 Å². The Labute approximate surface area is 70.8 Å². The highest BCUT2D eigenvalue weighted by Gasteiger charge is 1.96. The monoisotopic (exact) mass is 159 g/mol. The third-order valence-corrected chi connectivity index (χ3v) is 1.77. The quantitative estimate of drug-likeness (QED) is 0.463. The van der Waals surface area contributed by atoms with E-state index >= 15 is 0 Å². The molecule has 12 heavy (non-hydrogen) atoms. The number of aromatic nitrogens is 1. The highest BCUT2D eigenvalue weighted by Crippen LogP contribution is 2.18. The second-order valence-electron chi connectivity index (χ2n) is 2.54. The van der Waals surface area contributed by atoms with Gasteiger partial charge in [0, 0.05) is 23.7 Å². The van der Waals surface area contributed by atoms with Crippen molar-refractivity contribution in [2.75, 3.05) is 0 Å². The summed E-state index contributed by atoms with van der Waals surface area (Å²) in [5.74, 6) is 0.885. The first-order valence-corrected chi connectivity index (χ1v) is 3.72. The number of ether oxygens (including phenoxy) is 1. The van der Waals surface area contributed by atoms with Crippen LogP contribution in [0.5, 0.6) is 5.75 Å². The molecule has 1 aromatic carbocycles. The van der Waals surface area contributed by atoms with E-state index in [4.69, 9.17) is 0 Å². The van der Waals surface area contributed by atoms with E-state index in [1.807, 2.05) is 30.3 Å². The number of pyridine rings is 1. The van der Waals surface area contributed by atoms with Crippen LogP contribution in [0.1, 0.15) is 0 Å². The summed E-state index contributed by atoms with van der Waals surface area (Å²) in [7, 11) is 3.47. The molecule has 0 radical (unpaired) electrons. The van der Waals surface area contributed by atoms with Gasteiger partial charge in [-0.2, -0.15) is 0 Å². The van der Waals surface area contributed by atoms with E-state index in [0.717, 1.165) is 16.7 Å². The third-order valence-electron chi connectivity index (χ3n) is 1.77. The van der Waals surface area contributed by atoms with Crippen molar-refractivity contribution >= 4 is 10.9 Å². The van der Waals surface area contributed by atoms with Crippen molar-refractivity contribution in [2.24, 2.45) is 0 Å². The molecular formula is C10H9NO. The normalized spacial score (nSPS) is 10.1. The largest absolute Gasteiger partial charge is 0.722 e. The second kappa shape index (κ2) is 2.81. The fraction of sp³-hybridized carbons (Fsp3) is 0. The van der Waals surface area contributed by atoms with Gasteiger partial charge in [0.2, 0.25) is 5.75 Å². The van der Waals surface area contributed by atoms with Gasteiger partial charge in [0.15, 0.2) is 0 Å². The summed E-state index contributed by atoms with van der Waals surface area (Å²) in [6.45, 7) is 0. The van der Waals surface area contributed by atoms with E-state index in [-0.39, 0.29) is 0 Å². The third kappa shape index (κ3) is 1.11. The molecule has 2 heteroatoms. The van der Waals surface area contributed by atoms with Gasteiger partial charge in [0.05, 0.1) is 5.52 Å². The number of aliphatic hydroxyl groups is 1. The van der Waals surface area contributed by atoms with E-state index in [2.05, 4.69) is 16.8 Å². The average Bonchev–Trinajstić information content (AvgIpc) is 2.17. The van der Waals surface area contributed by atoms with Crippen LogP contribution in [0.3, 0.4) is 0 Å². The molecule has 0 aliphatic carbocycles. The molecule has 1 heterocycles. The van der Waals surface area contributed by atoms with Gasteiger partial charge in [-0.3, -0.25) is 4.98 Å². The molecule has 2 nitrogen and oxygen atoms in total. The Bertz CT molecular complexity index is 398. The number of fused-ring (bicyclic) bond motifs is 1. The fourth-order valence-electron chi connectivity index (χ4n) is 1.16. The van der Waals surface area contributed by atoms with Crippen LogP contribution in [0.15, 0.2) is 36.5 Å². The SMILES string of the molecule is [CH2-][OH+]c1ccc2ncccc2c1. The summed E-state index contributed by atoms with van der Waals surface area (Å²) in [5, 5.41) is 1.10. The molecule has 0 fully saturated rings. The lowest BCUT2D eigenvalue weighted by Crippen LogP contribution is -1.78. The van der Waals surface area contributed by atoms with Gasteiger partial charge in [0.1, 0.15) is 0 Å². The van der Waals surface area contributed by atoms with Crippen LogP contribution >= 0.6 is 0 Å². The Morgan fingerprint density at radius 1 is 1.25 bits per heavy atom. The number of rotatable bonds is 1. The molecule has 0 amide bonds. The Kier molecular flexibility index (Phi) is 1.67. The summed E-state index contributed by atoms with van der Waals surface area (Å²) in [6, 6.07) is 9.74. The van der Waals surface area contributed by atoms with Crippen molar-refractivity contribution in [2.45, 2.75) is 0 Å². The number of hydrogen-bond donors (Lipinski definition) is 0. The lowest BCUT2D eigenvalue weighted by molar-refractivity contribution is 0.186. The van der Waals surface area contributed by atoms with Crippen molar-refractivity contribution in [3.63, 3.8) is 0 Å². The molecule has 0 atom stereocenters. The molecule has 2 rings (SSSR count). The molecule has 0 aliphatic heterocycles. The van der Waals surface area contributed by atoms with Gasteiger partial charge >= 0.3 is 0 Å². The molecule has 1 aromatic heterocycles. The molecular weight excluding hydrogens is 150 g/mol. The first-order valence-electron chi connectivity index (χ1n) is 3.72. The Morgan fingerprint density at radius 2 is 2.17 bits per heavy atom. The lowest BCUT2D eigenvalue weighted by Gasteiger charge is -2.03. The number of nitrogens with zero attached hydrogens (tertiary/aromatic N) is 1. The van der Waals surface area contributed by atoms with Crippen molar-refractivity contribution in [3.8, 4) is 5.75 Å². The minimum absolute atomic E-state index is 0.885. The summed E-state index contributed by atoms with van der Waals surface area (Å²) >= 11 is 0. The molecule has 2 aromatic rings. The van der Waals surface area contributed by atoms with Crippen LogP contribution in [0.25, 0.3) is 10.9 Å². The smallest absolute Gasteiger partial charge is 0.226 e. The zero-order valence-corrected chi connectivity index (χ0v) is 6.57. The molecule has 0 saturated carbocycles. The van der Waals surface area contributed by atoms with Gasteiger partial charge in [-0.25, -0.2) is 0 Å². The Balaban J connectivity index is 2.67. The first kappa shape index (κ1) is 7.10. The summed E-state index contributed by atoms with van der Waals surface area (Å²) < 4.78 is 3.84. The molecule has 60 valence electrons. The summed E-state index contributed by atoms with van der Waals surface area (Å²) in [6.07, 6.45) is 1.78.